The van der Waals surface area contributed by atoms with E-state index >= 15 is 0 Å². The number of aromatic nitrogens is 1. The second-order valence-electron chi connectivity index (χ2n) is 5.96. The number of nitrogens with one attached hydrogen (secondary N) is 1. The first-order valence-electron chi connectivity index (χ1n) is 7.87. The lowest BCUT2D eigenvalue weighted by molar-refractivity contribution is 0.103. The maximum absolute atomic E-state index is 12.1. The first-order chi connectivity index (χ1) is 11.1. The van der Waals surface area contributed by atoms with Crippen LogP contribution >= 0.6 is 11.3 Å². The lowest BCUT2D eigenvalue weighted by atomic mass is 10.0. The summed E-state index contributed by atoms with van der Waals surface area (Å²) in [5.74, 6) is 1.40. The number of carbonyl (C=O) groups is 1. The number of amides is 1. The van der Waals surface area contributed by atoms with Crippen molar-refractivity contribution in [3.8, 4) is 0 Å². The molecule has 1 amide bonds. The highest BCUT2D eigenvalue weighted by Gasteiger charge is 2.21. The maximum atomic E-state index is 12.1. The molecule has 3 heterocycles. The van der Waals surface area contributed by atoms with Crippen LogP contribution in [0.15, 0.2) is 35.7 Å². The average molecular weight is 330 g/mol. The number of piperidine rings is 1. The Bertz CT molecular complexity index is 650. The van der Waals surface area contributed by atoms with Gasteiger partial charge in [-0.3, -0.25) is 4.79 Å². The predicted octanol–water partition coefficient (Wildman–Crippen LogP) is 2.93. The van der Waals surface area contributed by atoms with Crippen molar-refractivity contribution in [3.63, 3.8) is 0 Å². The zero-order chi connectivity index (χ0) is 16.2. The van der Waals surface area contributed by atoms with Crippen LogP contribution in [0.2, 0.25) is 0 Å². The van der Waals surface area contributed by atoms with E-state index in [1.807, 2.05) is 35.7 Å². The zero-order valence-electron chi connectivity index (χ0n) is 13.5. The van der Waals surface area contributed by atoms with Crippen LogP contribution in [-0.2, 0) is 0 Å². The third kappa shape index (κ3) is 3.89. The molecule has 0 saturated carbocycles. The van der Waals surface area contributed by atoms with Crippen LogP contribution in [-0.4, -0.2) is 49.0 Å². The fourth-order valence-corrected chi connectivity index (χ4v) is 3.46. The second kappa shape index (κ2) is 7.10. The number of carbonyl (C=O) groups excluding carboxylic acids is 1. The van der Waals surface area contributed by atoms with Crippen molar-refractivity contribution in [2.75, 3.05) is 37.4 Å². The van der Waals surface area contributed by atoms with Gasteiger partial charge in [0.05, 0.1) is 4.88 Å². The Morgan fingerprint density at radius 2 is 2.09 bits per heavy atom. The van der Waals surface area contributed by atoms with Crippen LogP contribution in [0, 0.1) is 0 Å². The van der Waals surface area contributed by atoms with E-state index in [0.29, 0.717) is 16.7 Å². The van der Waals surface area contributed by atoms with E-state index in [0.717, 1.165) is 31.7 Å². The Morgan fingerprint density at radius 1 is 1.30 bits per heavy atom. The Kier molecular flexibility index (Phi) is 4.93. The second-order valence-corrected chi connectivity index (χ2v) is 6.91. The summed E-state index contributed by atoms with van der Waals surface area (Å²) < 4.78 is 0. The number of thiophene rings is 1. The molecule has 3 rings (SSSR count). The molecule has 0 aliphatic carbocycles. The number of hydrogen-bond acceptors (Lipinski definition) is 5. The van der Waals surface area contributed by atoms with Crippen molar-refractivity contribution < 1.29 is 4.79 Å². The van der Waals surface area contributed by atoms with Crippen LogP contribution in [0.1, 0.15) is 22.5 Å². The van der Waals surface area contributed by atoms with Gasteiger partial charge in [0.15, 0.2) is 0 Å². The third-order valence-electron chi connectivity index (χ3n) is 4.32. The maximum Gasteiger partial charge on any atom is 0.266 e. The molecule has 0 spiro atoms. The third-order valence-corrected chi connectivity index (χ3v) is 5.19. The van der Waals surface area contributed by atoms with Gasteiger partial charge in [0, 0.05) is 13.1 Å². The average Bonchev–Trinajstić information content (AvgIpc) is 3.10. The molecule has 0 bridgehead atoms. The molecule has 0 radical (unpaired) electrons. The highest BCUT2D eigenvalue weighted by molar-refractivity contribution is 7.12. The SMILES string of the molecule is CN1CCC(N(C)c2cccc(NC(=O)c3cccs3)n2)CC1. The number of rotatable bonds is 4. The first kappa shape index (κ1) is 16.0. The molecular weight excluding hydrogens is 308 g/mol. The molecule has 1 aliphatic rings. The summed E-state index contributed by atoms with van der Waals surface area (Å²) in [6.07, 6.45) is 2.28. The van der Waals surface area contributed by atoms with E-state index in [-0.39, 0.29) is 5.91 Å². The van der Waals surface area contributed by atoms with Gasteiger partial charge < -0.3 is 15.1 Å². The van der Waals surface area contributed by atoms with Gasteiger partial charge >= 0.3 is 0 Å². The molecule has 0 unspecified atom stereocenters. The Balaban J connectivity index is 1.68. The molecule has 1 N–H and O–H groups in total. The van der Waals surface area contributed by atoms with E-state index in [4.69, 9.17) is 0 Å². The Labute approximate surface area is 140 Å². The van der Waals surface area contributed by atoms with Gasteiger partial charge in [-0.05, 0) is 56.6 Å². The van der Waals surface area contributed by atoms with Gasteiger partial charge in [-0.2, -0.15) is 0 Å². The summed E-state index contributed by atoms with van der Waals surface area (Å²) in [5, 5.41) is 4.77. The fraction of sp³-hybridized carbons (Fsp3) is 0.412. The van der Waals surface area contributed by atoms with E-state index in [1.165, 1.54) is 11.3 Å². The highest BCUT2D eigenvalue weighted by atomic mass is 32.1. The minimum Gasteiger partial charge on any atom is -0.357 e. The van der Waals surface area contributed by atoms with Gasteiger partial charge in [-0.1, -0.05) is 12.1 Å². The summed E-state index contributed by atoms with van der Waals surface area (Å²) in [5.41, 5.74) is 0. The molecule has 0 aromatic carbocycles. The largest absolute Gasteiger partial charge is 0.357 e. The number of nitrogens with zero attached hydrogens (tertiary/aromatic N) is 3. The lowest BCUT2D eigenvalue weighted by Crippen LogP contribution is -2.42. The number of pyridine rings is 1. The topological polar surface area (TPSA) is 48.5 Å². The minimum absolute atomic E-state index is 0.105. The van der Waals surface area contributed by atoms with E-state index < -0.39 is 0 Å². The highest BCUT2D eigenvalue weighted by Crippen LogP contribution is 2.21. The molecule has 1 saturated heterocycles. The van der Waals surface area contributed by atoms with Crippen molar-refractivity contribution in [2.24, 2.45) is 0 Å². The molecule has 2 aromatic heterocycles. The molecule has 122 valence electrons. The van der Waals surface area contributed by atoms with Gasteiger partial charge in [0.2, 0.25) is 0 Å². The molecule has 2 aromatic rings. The van der Waals surface area contributed by atoms with Crippen LogP contribution in [0.5, 0.6) is 0 Å². The van der Waals surface area contributed by atoms with E-state index in [9.17, 15) is 4.79 Å². The number of hydrogen-bond donors (Lipinski definition) is 1. The normalized spacial score (nSPS) is 16.3. The summed E-state index contributed by atoms with van der Waals surface area (Å²) in [4.78, 5) is 22.0. The van der Waals surface area contributed by atoms with Gasteiger partial charge in [-0.15, -0.1) is 11.3 Å². The van der Waals surface area contributed by atoms with Crippen molar-refractivity contribution in [2.45, 2.75) is 18.9 Å². The standard InChI is InChI=1S/C17H22N4OS/c1-20-10-8-13(9-11-20)21(2)16-7-3-6-15(18-16)19-17(22)14-5-4-12-23-14/h3-7,12-13H,8-11H2,1-2H3,(H,18,19,22). The Morgan fingerprint density at radius 3 is 2.78 bits per heavy atom. The first-order valence-corrected chi connectivity index (χ1v) is 8.75. The zero-order valence-corrected chi connectivity index (χ0v) is 14.3. The van der Waals surface area contributed by atoms with E-state index in [1.54, 1.807) is 0 Å². The monoisotopic (exact) mass is 330 g/mol. The summed E-state index contributed by atoms with van der Waals surface area (Å²) in [6, 6.07) is 9.96. The van der Waals surface area contributed by atoms with Crippen molar-refractivity contribution >= 4 is 28.9 Å². The van der Waals surface area contributed by atoms with Crippen molar-refractivity contribution in [1.82, 2.24) is 9.88 Å². The number of anilines is 2. The smallest absolute Gasteiger partial charge is 0.266 e. The van der Waals surface area contributed by atoms with Gasteiger partial charge in [0.25, 0.3) is 5.91 Å². The molecule has 0 atom stereocenters. The molecule has 23 heavy (non-hydrogen) atoms. The van der Waals surface area contributed by atoms with E-state index in [2.05, 4.69) is 34.2 Å². The fourth-order valence-electron chi connectivity index (χ4n) is 2.84. The van der Waals surface area contributed by atoms with Crippen molar-refractivity contribution in [1.29, 1.82) is 0 Å². The Hall–Kier alpha value is -1.92. The summed E-state index contributed by atoms with van der Waals surface area (Å²) in [7, 11) is 4.25. The van der Waals surface area contributed by atoms with Gasteiger partial charge in [-0.25, -0.2) is 4.98 Å². The molecule has 1 fully saturated rings. The van der Waals surface area contributed by atoms with Crippen LogP contribution in [0.3, 0.4) is 0 Å². The quantitative estimate of drug-likeness (QED) is 0.936. The van der Waals surface area contributed by atoms with Crippen LogP contribution in [0.25, 0.3) is 0 Å². The lowest BCUT2D eigenvalue weighted by Gasteiger charge is -2.35. The molecule has 6 heteroatoms. The minimum atomic E-state index is -0.105. The van der Waals surface area contributed by atoms with Crippen molar-refractivity contribution in [3.05, 3.63) is 40.6 Å². The summed E-state index contributed by atoms with van der Waals surface area (Å²) >= 11 is 1.43. The molecule has 5 nitrogen and oxygen atoms in total. The van der Waals surface area contributed by atoms with Crippen LogP contribution < -0.4 is 10.2 Å². The number of likely N-dealkylation sites (tertiary alicyclic amines) is 1. The summed E-state index contributed by atoms with van der Waals surface area (Å²) in [6.45, 7) is 2.23. The van der Waals surface area contributed by atoms with Gasteiger partial charge in [0.1, 0.15) is 11.6 Å². The predicted molar refractivity (Wildman–Crippen MR) is 95.4 cm³/mol. The molecule has 1 aliphatic heterocycles. The molecular formula is C17H22N4OS. The van der Waals surface area contributed by atoms with Crippen LogP contribution in [0.4, 0.5) is 11.6 Å².